The lowest BCUT2D eigenvalue weighted by Gasteiger charge is -2.27. The molecule has 1 aliphatic rings. The van der Waals surface area contributed by atoms with Crippen LogP contribution < -0.4 is 0 Å². The molecule has 3 unspecified atom stereocenters. The largest absolute Gasteiger partial charge is 0.303 e. The number of carbonyl (C=O) groups excluding carboxylic acids is 1. The summed E-state index contributed by atoms with van der Waals surface area (Å²) in [5.41, 5.74) is 0.236. The molecule has 13 heavy (non-hydrogen) atoms. The third-order valence-electron chi connectivity index (χ3n) is 4.39. The third kappa shape index (κ3) is 1.43. The molecular formula is C12H22O. The molecule has 0 saturated heterocycles. The molecule has 1 aliphatic carbocycles. The maximum Gasteiger partial charge on any atom is 0.126 e. The highest BCUT2D eigenvalue weighted by Crippen LogP contribution is 2.67. The Labute approximate surface area is 81.9 Å². The first-order valence-corrected chi connectivity index (χ1v) is 5.37. The van der Waals surface area contributed by atoms with Gasteiger partial charge in [0.1, 0.15) is 6.29 Å². The fourth-order valence-electron chi connectivity index (χ4n) is 2.63. The first kappa shape index (κ1) is 10.7. The molecule has 1 heteroatoms. The van der Waals surface area contributed by atoms with Crippen molar-refractivity contribution in [3.05, 3.63) is 0 Å². The van der Waals surface area contributed by atoms with E-state index in [4.69, 9.17) is 0 Å². The van der Waals surface area contributed by atoms with Crippen molar-refractivity contribution in [2.24, 2.45) is 22.7 Å². The summed E-state index contributed by atoms with van der Waals surface area (Å²) in [6, 6.07) is 0. The van der Waals surface area contributed by atoms with Gasteiger partial charge in [-0.1, -0.05) is 41.0 Å². The van der Waals surface area contributed by atoms with Crippen molar-refractivity contribution in [1.29, 1.82) is 0 Å². The van der Waals surface area contributed by atoms with E-state index in [2.05, 4.69) is 34.6 Å². The minimum atomic E-state index is -0.0115. The van der Waals surface area contributed by atoms with Crippen LogP contribution in [0.15, 0.2) is 0 Å². The quantitative estimate of drug-likeness (QED) is 0.610. The van der Waals surface area contributed by atoms with Crippen molar-refractivity contribution >= 4 is 6.29 Å². The standard InChI is InChI=1S/C12H22O/c1-6-9(2)10(3)12(8-13)7-11(12,4)5/h8-10H,6-7H2,1-5H3. The second-order valence-electron chi connectivity index (χ2n) is 5.39. The second-order valence-corrected chi connectivity index (χ2v) is 5.39. The Morgan fingerprint density at radius 3 is 2.08 bits per heavy atom. The van der Waals surface area contributed by atoms with Crippen LogP contribution in [0.2, 0.25) is 0 Å². The molecule has 1 nitrogen and oxygen atoms in total. The summed E-state index contributed by atoms with van der Waals surface area (Å²) in [5.74, 6) is 1.19. The van der Waals surface area contributed by atoms with E-state index in [1.54, 1.807) is 0 Å². The average Bonchev–Trinajstić information content (AvgIpc) is 2.67. The van der Waals surface area contributed by atoms with Gasteiger partial charge in [0.2, 0.25) is 0 Å². The van der Waals surface area contributed by atoms with Crippen molar-refractivity contribution in [3.8, 4) is 0 Å². The Hall–Kier alpha value is -0.330. The molecule has 1 rings (SSSR count). The van der Waals surface area contributed by atoms with Crippen LogP contribution in [0.3, 0.4) is 0 Å². The Kier molecular flexibility index (Phi) is 2.57. The Morgan fingerprint density at radius 1 is 1.38 bits per heavy atom. The molecule has 0 aromatic carbocycles. The van der Waals surface area contributed by atoms with E-state index in [1.807, 2.05) is 0 Å². The highest BCUT2D eigenvalue weighted by Gasteiger charge is 2.64. The lowest BCUT2D eigenvalue weighted by atomic mass is 9.77. The maximum atomic E-state index is 11.2. The summed E-state index contributed by atoms with van der Waals surface area (Å²) in [5, 5.41) is 0. The predicted molar refractivity (Wildman–Crippen MR) is 55.5 cm³/mol. The molecule has 0 aromatic heterocycles. The zero-order chi connectivity index (χ0) is 10.3. The van der Waals surface area contributed by atoms with Gasteiger partial charge in [-0.3, -0.25) is 0 Å². The van der Waals surface area contributed by atoms with E-state index >= 15 is 0 Å². The predicted octanol–water partition coefficient (Wildman–Crippen LogP) is 3.28. The highest BCUT2D eigenvalue weighted by atomic mass is 16.1. The molecule has 76 valence electrons. The van der Waals surface area contributed by atoms with Gasteiger partial charge in [0, 0.05) is 5.41 Å². The molecule has 0 spiro atoms. The van der Waals surface area contributed by atoms with Crippen molar-refractivity contribution in [2.45, 2.75) is 47.5 Å². The van der Waals surface area contributed by atoms with Crippen molar-refractivity contribution in [3.63, 3.8) is 0 Å². The van der Waals surface area contributed by atoms with Crippen LogP contribution in [-0.4, -0.2) is 6.29 Å². The van der Waals surface area contributed by atoms with E-state index in [-0.39, 0.29) is 10.8 Å². The van der Waals surface area contributed by atoms with Gasteiger partial charge in [-0.2, -0.15) is 0 Å². The van der Waals surface area contributed by atoms with Crippen LogP contribution in [0.4, 0.5) is 0 Å². The zero-order valence-corrected chi connectivity index (χ0v) is 9.55. The average molecular weight is 182 g/mol. The first-order chi connectivity index (χ1) is 5.91. The molecular weight excluding hydrogens is 160 g/mol. The smallest absolute Gasteiger partial charge is 0.126 e. The topological polar surface area (TPSA) is 17.1 Å². The minimum Gasteiger partial charge on any atom is -0.303 e. The summed E-state index contributed by atoms with van der Waals surface area (Å²) in [4.78, 5) is 11.2. The number of aldehydes is 1. The van der Waals surface area contributed by atoms with Crippen LogP contribution in [0.25, 0.3) is 0 Å². The van der Waals surface area contributed by atoms with E-state index < -0.39 is 0 Å². The number of hydrogen-bond donors (Lipinski definition) is 0. The van der Waals surface area contributed by atoms with Gasteiger partial charge in [-0.15, -0.1) is 0 Å². The fourth-order valence-corrected chi connectivity index (χ4v) is 2.63. The molecule has 0 radical (unpaired) electrons. The van der Waals surface area contributed by atoms with E-state index in [0.717, 1.165) is 6.42 Å². The van der Waals surface area contributed by atoms with Crippen LogP contribution in [0.1, 0.15) is 47.5 Å². The van der Waals surface area contributed by atoms with Crippen LogP contribution in [0.5, 0.6) is 0 Å². The summed E-state index contributed by atoms with van der Waals surface area (Å²) < 4.78 is 0. The molecule has 0 amide bonds. The summed E-state index contributed by atoms with van der Waals surface area (Å²) >= 11 is 0. The zero-order valence-electron chi connectivity index (χ0n) is 9.55. The van der Waals surface area contributed by atoms with Crippen molar-refractivity contribution in [1.82, 2.24) is 0 Å². The van der Waals surface area contributed by atoms with Gasteiger partial charge in [0.05, 0.1) is 0 Å². The number of hydrogen-bond acceptors (Lipinski definition) is 1. The Bertz CT molecular complexity index is 207. The lowest BCUT2D eigenvalue weighted by Crippen LogP contribution is -2.25. The van der Waals surface area contributed by atoms with Gasteiger partial charge in [-0.25, -0.2) is 0 Å². The number of rotatable bonds is 4. The molecule has 1 fully saturated rings. The van der Waals surface area contributed by atoms with Gasteiger partial charge >= 0.3 is 0 Å². The molecule has 0 aromatic rings. The normalized spacial score (nSPS) is 35.2. The van der Waals surface area contributed by atoms with Gasteiger partial charge in [0.25, 0.3) is 0 Å². The summed E-state index contributed by atoms with van der Waals surface area (Å²) in [6.45, 7) is 11.1. The molecule has 3 atom stereocenters. The van der Waals surface area contributed by atoms with E-state index in [0.29, 0.717) is 11.8 Å². The second kappa shape index (κ2) is 3.11. The van der Waals surface area contributed by atoms with Gasteiger partial charge in [-0.05, 0) is 23.7 Å². The SMILES string of the molecule is CCC(C)C(C)C1(C=O)CC1(C)C. The van der Waals surface area contributed by atoms with Crippen LogP contribution in [0, 0.1) is 22.7 Å². The molecule has 0 bridgehead atoms. The third-order valence-corrected chi connectivity index (χ3v) is 4.39. The molecule has 0 heterocycles. The molecule has 0 aliphatic heterocycles. The Morgan fingerprint density at radius 2 is 1.85 bits per heavy atom. The Balaban J connectivity index is 2.76. The molecule has 0 N–H and O–H groups in total. The van der Waals surface area contributed by atoms with Crippen LogP contribution in [-0.2, 0) is 4.79 Å². The van der Waals surface area contributed by atoms with Gasteiger partial charge < -0.3 is 4.79 Å². The first-order valence-electron chi connectivity index (χ1n) is 5.37. The fraction of sp³-hybridized carbons (Fsp3) is 0.917. The lowest BCUT2D eigenvalue weighted by molar-refractivity contribution is -0.115. The molecule has 1 saturated carbocycles. The maximum absolute atomic E-state index is 11.2. The van der Waals surface area contributed by atoms with Crippen molar-refractivity contribution < 1.29 is 4.79 Å². The minimum absolute atomic E-state index is 0.0115. The van der Waals surface area contributed by atoms with E-state index in [9.17, 15) is 4.79 Å². The monoisotopic (exact) mass is 182 g/mol. The summed E-state index contributed by atoms with van der Waals surface area (Å²) in [6.07, 6.45) is 3.46. The van der Waals surface area contributed by atoms with E-state index in [1.165, 1.54) is 12.7 Å². The number of carbonyl (C=O) groups is 1. The highest BCUT2D eigenvalue weighted by molar-refractivity contribution is 5.67. The van der Waals surface area contributed by atoms with Crippen molar-refractivity contribution in [2.75, 3.05) is 0 Å². The van der Waals surface area contributed by atoms with Crippen LogP contribution >= 0.6 is 0 Å². The van der Waals surface area contributed by atoms with Gasteiger partial charge in [0.15, 0.2) is 0 Å². The summed E-state index contributed by atoms with van der Waals surface area (Å²) in [7, 11) is 0.